The molecule has 1 aliphatic rings. The lowest BCUT2D eigenvalue weighted by Gasteiger charge is -2.18. The quantitative estimate of drug-likeness (QED) is 0.511. The van der Waals surface area contributed by atoms with Crippen LogP contribution in [0.2, 0.25) is 0 Å². The summed E-state index contributed by atoms with van der Waals surface area (Å²) in [6.45, 7) is 0.627. The average molecular weight is 399 g/mol. The average Bonchev–Trinajstić information content (AvgIpc) is 3.43. The fraction of sp³-hybridized carbons (Fsp3) is 0.167. The van der Waals surface area contributed by atoms with E-state index in [-0.39, 0.29) is 18.6 Å². The highest BCUT2D eigenvalue weighted by molar-refractivity contribution is 5.86. The minimum Gasteiger partial charge on any atom is -0.454 e. The van der Waals surface area contributed by atoms with E-state index >= 15 is 0 Å². The Bertz CT molecular complexity index is 1190. The number of carbonyl (C=O) groups excluding carboxylic acids is 1. The van der Waals surface area contributed by atoms with E-state index in [0.717, 1.165) is 33.5 Å². The van der Waals surface area contributed by atoms with Gasteiger partial charge in [-0.05, 0) is 41.5 Å². The first-order valence-electron chi connectivity index (χ1n) is 9.90. The van der Waals surface area contributed by atoms with Gasteiger partial charge in [-0.1, -0.05) is 30.3 Å². The van der Waals surface area contributed by atoms with Gasteiger partial charge in [-0.2, -0.15) is 0 Å². The number of aromatic nitrogens is 2. The number of aromatic amines is 1. The third-order valence-corrected chi connectivity index (χ3v) is 5.38. The monoisotopic (exact) mass is 399 g/mol. The van der Waals surface area contributed by atoms with Gasteiger partial charge in [0, 0.05) is 35.6 Å². The summed E-state index contributed by atoms with van der Waals surface area (Å²) in [5.74, 6) is 1.29. The molecule has 1 amide bonds. The van der Waals surface area contributed by atoms with Crippen molar-refractivity contribution in [3.8, 4) is 11.5 Å². The maximum absolute atomic E-state index is 12.9. The van der Waals surface area contributed by atoms with Crippen LogP contribution in [-0.2, 0) is 11.3 Å². The van der Waals surface area contributed by atoms with Crippen LogP contribution in [0.15, 0.2) is 73.1 Å². The zero-order valence-corrected chi connectivity index (χ0v) is 16.3. The van der Waals surface area contributed by atoms with E-state index in [9.17, 15) is 4.79 Å². The molecule has 1 aliphatic heterocycles. The van der Waals surface area contributed by atoms with Crippen LogP contribution in [0, 0.1) is 0 Å². The van der Waals surface area contributed by atoms with Crippen molar-refractivity contribution in [2.24, 2.45) is 0 Å². The molecule has 0 bridgehead atoms. The van der Waals surface area contributed by atoms with Crippen LogP contribution in [0.25, 0.3) is 10.9 Å². The molecule has 2 aromatic heterocycles. The van der Waals surface area contributed by atoms with Gasteiger partial charge in [0.2, 0.25) is 12.7 Å². The molecular weight excluding hydrogens is 378 g/mol. The number of carbonyl (C=O) groups is 1. The fourth-order valence-corrected chi connectivity index (χ4v) is 3.87. The summed E-state index contributed by atoms with van der Waals surface area (Å²) in [4.78, 5) is 20.5. The second-order valence-electron chi connectivity index (χ2n) is 7.26. The number of benzene rings is 2. The first kappa shape index (κ1) is 18.2. The molecule has 0 saturated heterocycles. The van der Waals surface area contributed by atoms with Crippen LogP contribution >= 0.6 is 0 Å². The van der Waals surface area contributed by atoms with E-state index in [1.807, 2.05) is 60.8 Å². The first-order valence-corrected chi connectivity index (χ1v) is 9.90. The van der Waals surface area contributed by atoms with E-state index < -0.39 is 0 Å². The van der Waals surface area contributed by atoms with Crippen molar-refractivity contribution in [3.63, 3.8) is 0 Å². The number of pyridine rings is 1. The molecule has 0 spiro atoms. The third-order valence-electron chi connectivity index (χ3n) is 5.38. The summed E-state index contributed by atoms with van der Waals surface area (Å²) in [6.07, 6.45) is 4.03. The van der Waals surface area contributed by atoms with Gasteiger partial charge in [0.25, 0.3) is 0 Å². The third kappa shape index (κ3) is 3.59. The number of fused-ring (bicyclic) bond motifs is 2. The Labute approximate surface area is 173 Å². The van der Waals surface area contributed by atoms with E-state index in [4.69, 9.17) is 9.47 Å². The van der Waals surface area contributed by atoms with E-state index in [2.05, 4.69) is 21.4 Å². The second kappa shape index (κ2) is 7.91. The van der Waals surface area contributed by atoms with Crippen molar-refractivity contribution in [3.05, 3.63) is 89.9 Å². The minimum atomic E-state index is -0.126. The number of amides is 1. The van der Waals surface area contributed by atoms with Crippen molar-refractivity contribution < 1.29 is 14.3 Å². The van der Waals surface area contributed by atoms with Gasteiger partial charge in [0.05, 0.1) is 12.2 Å². The number of hydrogen-bond donors (Lipinski definition) is 2. The zero-order chi connectivity index (χ0) is 20.3. The van der Waals surface area contributed by atoms with Crippen LogP contribution in [0.5, 0.6) is 11.5 Å². The number of hydrogen-bond acceptors (Lipinski definition) is 4. The molecule has 5 rings (SSSR count). The molecule has 150 valence electrons. The van der Waals surface area contributed by atoms with Crippen LogP contribution in [-0.4, -0.2) is 22.7 Å². The number of nitrogens with zero attached hydrogens (tertiary/aromatic N) is 1. The Hall–Kier alpha value is -3.80. The van der Waals surface area contributed by atoms with E-state index in [0.29, 0.717) is 18.7 Å². The number of nitrogens with one attached hydrogen (secondary N) is 2. The van der Waals surface area contributed by atoms with Crippen LogP contribution in [0.4, 0.5) is 0 Å². The maximum atomic E-state index is 12.9. The Kier molecular flexibility index (Phi) is 4.81. The predicted molar refractivity (Wildman–Crippen MR) is 113 cm³/mol. The Morgan fingerprint density at radius 1 is 1.07 bits per heavy atom. The highest BCUT2D eigenvalue weighted by Crippen LogP contribution is 2.39. The molecule has 0 saturated carbocycles. The fourth-order valence-electron chi connectivity index (χ4n) is 3.87. The number of ether oxygens (including phenoxy) is 2. The molecule has 3 heterocycles. The van der Waals surface area contributed by atoms with Crippen molar-refractivity contribution in [1.82, 2.24) is 15.3 Å². The van der Waals surface area contributed by atoms with Gasteiger partial charge in [-0.15, -0.1) is 0 Å². The van der Waals surface area contributed by atoms with Gasteiger partial charge in [0.1, 0.15) is 0 Å². The van der Waals surface area contributed by atoms with Crippen LogP contribution in [0.3, 0.4) is 0 Å². The lowest BCUT2D eigenvalue weighted by Crippen LogP contribution is -2.25. The molecule has 2 aromatic carbocycles. The summed E-state index contributed by atoms with van der Waals surface area (Å²) >= 11 is 0. The Morgan fingerprint density at radius 2 is 1.93 bits per heavy atom. The Balaban J connectivity index is 1.44. The van der Waals surface area contributed by atoms with Crippen LogP contribution in [0.1, 0.15) is 29.2 Å². The van der Waals surface area contributed by atoms with Crippen molar-refractivity contribution >= 4 is 16.8 Å². The number of para-hydroxylation sites is 1. The number of rotatable bonds is 6. The van der Waals surface area contributed by atoms with Gasteiger partial charge in [-0.25, -0.2) is 0 Å². The molecule has 2 N–H and O–H groups in total. The summed E-state index contributed by atoms with van der Waals surface area (Å²) in [6, 6.07) is 19.7. The summed E-state index contributed by atoms with van der Waals surface area (Å²) < 4.78 is 11.0. The molecule has 1 unspecified atom stereocenters. The molecule has 6 heteroatoms. The molecular formula is C24H21N3O3. The van der Waals surface area contributed by atoms with E-state index in [1.54, 1.807) is 6.20 Å². The van der Waals surface area contributed by atoms with Gasteiger partial charge >= 0.3 is 0 Å². The van der Waals surface area contributed by atoms with Gasteiger partial charge in [-0.3, -0.25) is 9.78 Å². The van der Waals surface area contributed by atoms with Gasteiger partial charge < -0.3 is 19.8 Å². The highest BCUT2D eigenvalue weighted by Gasteiger charge is 2.24. The largest absolute Gasteiger partial charge is 0.454 e. The first-order chi connectivity index (χ1) is 14.8. The summed E-state index contributed by atoms with van der Waals surface area (Å²) in [7, 11) is 0. The van der Waals surface area contributed by atoms with E-state index in [1.165, 1.54) is 0 Å². The minimum absolute atomic E-state index is 0.0337. The topological polar surface area (TPSA) is 76.2 Å². The Morgan fingerprint density at radius 3 is 2.83 bits per heavy atom. The molecule has 4 aromatic rings. The molecule has 1 atom stereocenters. The van der Waals surface area contributed by atoms with Crippen molar-refractivity contribution in [2.45, 2.75) is 18.9 Å². The lowest BCUT2D eigenvalue weighted by molar-refractivity contribution is -0.121. The summed E-state index contributed by atoms with van der Waals surface area (Å²) in [5.41, 5.74) is 3.97. The predicted octanol–water partition coefficient (Wildman–Crippen LogP) is 4.13. The molecule has 0 fully saturated rings. The molecule has 0 aliphatic carbocycles. The molecule has 6 nitrogen and oxygen atoms in total. The second-order valence-corrected chi connectivity index (χ2v) is 7.26. The maximum Gasteiger partial charge on any atom is 0.231 e. The van der Waals surface area contributed by atoms with Crippen molar-refractivity contribution in [1.29, 1.82) is 0 Å². The van der Waals surface area contributed by atoms with Crippen molar-refractivity contribution in [2.75, 3.05) is 6.79 Å². The SMILES string of the molecule is O=C(CC(c1ccc2c(c1)OCO2)c1c[nH]c2ccccc12)NCc1ccccn1. The standard InChI is InChI=1S/C24H21N3O3/c28-24(27-13-17-5-3-4-10-25-17)12-19(16-8-9-22-23(11-16)30-15-29-22)20-14-26-21-7-2-1-6-18(20)21/h1-11,14,19,26H,12-13,15H2,(H,27,28). The molecule has 30 heavy (non-hydrogen) atoms. The molecule has 0 radical (unpaired) electrons. The zero-order valence-electron chi connectivity index (χ0n) is 16.3. The lowest BCUT2D eigenvalue weighted by atomic mass is 9.87. The normalized spacial score (nSPS) is 13.3. The van der Waals surface area contributed by atoms with Gasteiger partial charge in [0.15, 0.2) is 11.5 Å². The highest BCUT2D eigenvalue weighted by atomic mass is 16.7. The van der Waals surface area contributed by atoms with Crippen LogP contribution < -0.4 is 14.8 Å². The number of H-pyrrole nitrogens is 1. The smallest absolute Gasteiger partial charge is 0.231 e. The summed E-state index contributed by atoms with van der Waals surface area (Å²) in [5, 5.41) is 4.10.